The molecule has 14 heavy (non-hydrogen) atoms. The molecule has 0 saturated carbocycles. The first kappa shape index (κ1) is 12.5. The van der Waals surface area contributed by atoms with Crippen LogP contribution < -0.4 is 0 Å². The van der Waals surface area contributed by atoms with Crippen LogP contribution in [-0.4, -0.2) is 4.75 Å². The quantitative estimate of drug-likeness (QED) is 0.708. The Morgan fingerprint density at radius 3 is 2.21 bits per heavy atom. The Morgan fingerprint density at radius 1 is 1.14 bits per heavy atom. The Bertz CT molecular complexity index is 274. The van der Waals surface area contributed by atoms with E-state index in [1.807, 2.05) is 21.6 Å². The van der Waals surface area contributed by atoms with Crippen LogP contribution in [0.25, 0.3) is 0 Å². The molecule has 78 valence electrons. The highest BCUT2D eigenvalue weighted by molar-refractivity contribution is 9.10. The summed E-state index contributed by atoms with van der Waals surface area (Å²) < 4.78 is 1.50. The summed E-state index contributed by atoms with van der Waals surface area (Å²) in [5.41, 5.74) is 1.38. The molecule has 0 N–H and O–H groups in total. The zero-order chi connectivity index (χ0) is 10.6. The third kappa shape index (κ3) is 5.32. The van der Waals surface area contributed by atoms with Crippen molar-refractivity contribution in [1.29, 1.82) is 0 Å². The van der Waals surface area contributed by atoms with E-state index in [1.165, 1.54) is 5.56 Å². The van der Waals surface area contributed by atoms with Crippen molar-refractivity contribution in [3.63, 3.8) is 0 Å². The van der Waals surface area contributed by atoms with Gasteiger partial charge in [-0.15, -0.1) is 0 Å². The van der Waals surface area contributed by atoms with E-state index in [9.17, 15) is 0 Å². The lowest BCUT2D eigenvalue weighted by molar-refractivity contribution is 0.810. The fraction of sp³-hybridized carbons (Fsp3) is 0.455. The highest BCUT2D eigenvalue weighted by Crippen LogP contribution is 2.37. The number of halogens is 1. The van der Waals surface area contributed by atoms with Crippen LogP contribution in [-0.2, 0) is 5.75 Å². The first-order chi connectivity index (χ1) is 6.47. The molecule has 0 bridgehead atoms. The second kappa shape index (κ2) is 5.47. The largest absolute Gasteiger partial charge is 0.0888 e. The van der Waals surface area contributed by atoms with E-state index >= 15 is 0 Å². The molecule has 0 atom stereocenters. The number of benzene rings is 1. The summed E-state index contributed by atoms with van der Waals surface area (Å²) in [5.74, 6) is 1.08. The minimum absolute atomic E-state index is 0.347. The molecule has 0 aromatic heterocycles. The molecular formula is C11H15BrS2. The minimum Gasteiger partial charge on any atom is -0.0888 e. The molecule has 0 heterocycles. The predicted molar refractivity (Wildman–Crippen MR) is 72.8 cm³/mol. The number of hydrogen-bond donors (Lipinski definition) is 0. The van der Waals surface area contributed by atoms with Gasteiger partial charge < -0.3 is 0 Å². The van der Waals surface area contributed by atoms with Crippen LogP contribution in [0.1, 0.15) is 26.3 Å². The van der Waals surface area contributed by atoms with Gasteiger partial charge in [0.25, 0.3) is 0 Å². The zero-order valence-corrected chi connectivity index (χ0v) is 11.9. The molecule has 3 heteroatoms. The second-order valence-electron chi connectivity index (χ2n) is 4.08. The summed E-state index contributed by atoms with van der Waals surface area (Å²) in [4.78, 5) is 0. The zero-order valence-electron chi connectivity index (χ0n) is 8.71. The summed E-state index contributed by atoms with van der Waals surface area (Å²) in [6, 6.07) is 8.52. The second-order valence-corrected chi connectivity index (χ2v) is 8.12. The molecule has 0 aliphatic heterocycles. The lowest BCUT2D eigenvalue weighted by atomic mass is 10.2. The average Bonchev–Trinajstić information content (AvgIpc) is 2.06. The third-order valence-corrected chi connectivity index (χ3v) is 5.25. The van der Waals surface area contributed by atoms with E-state index in [0.29, 0.717) is 4.75 Å². The normalized spacial score (nSPS) is 11.7. The van der Waals surface area contributed by atoms with Crippen molar-refractivity contribution in [3.05, 3.63) is 34.3 Å². The molecule has 1 aromatic carbocycles. The van der Waals surface area contributed by atoms with Crippen molar-refractivity contribution in [2.45, 2.75) is 31.3 Å². The van der Waals surface area contributed by atoms with Crippen molar-refractivity contribution in [1.82, 2.24) is 0 Å². The van der Waals surface area contributed by atoms with Crippen molar-refractivity contribution in [2.75, 3.05) is 0 Å². The van der Waals surface area contributed by atoms with E-state index in [1.54, 1.807) is 0 Å². The molecule has 0 unspecified atom stereocenters. The van der Waals surface area contributed by atoms with Crippen LogP contribution in [0.5, 0.6) is 0 Å². The smallest absolute Gasteiger partial charge is 0.0288 e. The maximum atomic E-state index is 3.43. The maximum Gasteiger partial charge on any atom is 0.0288 e. The summed E-state index contributed by atoms with van der Waals surface area (Å²) in [6.07, 6.45) is 0. The first-order valence-electron chi connectivity index (χ1n) is 4.52. The van der Waals surface area contributed by atoms with E-state index in [2.05, 4.69) is 61.0 Å². The van der Waals surface area contributed by atoms with E-state index in [0.717, 1.165) is 10.2 Å². The fourth-order valence-corrected chi connectivity index (χ4v) is 3.51. The molecular weight excluding hydrogens is 276 g/mol. The van der Waals surface area contributed by atoms with Gasteiger partial charge in [0.15, 0.2) is 0 Å². The van der Waals surface area contributed by atoms with Crippen LogP contribution in [0.3, 0.4) is 0 Å². The Kier molecular flexibility index (Phi) is 4.88. The summed E-state index contributed by atoms with van der Waals surface area (Å²) in [5, 5.41) is 0. The van der Waals surface area contributed by atoms with Gasteiger partial charge in [0.1, 0.15) is 0 Å². The summed E-state index contributed by atoms with van der Waals surface area (Å²) in [6.45, 7) is 6.73. The van der Waals surface area contributed by atoms with Crippen LogP contribution in [0, 0.1) is 0 Å². The van der Waals surface area contributed by atoms with Crippen LogP contribution >= 0.6 is 37.5 Å². The van der Waals surface area contributed by atoms with Crippen LogP contribution in [0.4, 0.5) is 0 Å². The maximum absolute atomic E-state index is 3.43. The molecule has 0 spiro atoms. The SMILES string of the molecule is CC(C)(C)SSCc1ccc(Br)cc1. The van der Waals surface area contributed by atoms with Crippen LogP contribution in [0.15, 0.2) is 28.7 Å². The Balaban J connectivity index is 2.35. The fourth-order valence-electron chi connectivity index (χ4n) is 0.855. The van der Waals surface area contributed by atoms with Gasteiger partial charge in [-0.1, -0.05) is 70.4 Å². The predicted octanol–water partition coefficient (Wildman–Crippen LogP) is 5.13. The van der Waals surface area contributed by atoms with Gasteiger partial charge in [-0.2, -0.15) is 0 Å². The third-order valence-electron chi connectivity index (χ3n) is 1.45. The number of rotatable bonds is 3. The standard InChI is InChI=1S/C11H15BrS2/c1-11(2,3)14-13-8-9-4-6-10(12)7-5-9/h4-7H,8H2,1-3H3. The molecule has 0 fully saturated rings. The van der Waals surface area contributed by atoms with Gasteiger partial charge in [-0.25, -0.2) is 0 Å². The van der Waals surface area contributed by atoms with E-state index in [-0.39, 0.29) is 0 Å². The van der Waals surface area contributed by atoms with E-state index in [4.69, 9.17) is 0 Å². The van der Waals surface area contributed by atoms with Gasteiger partial charge >= 0.3 is 0 Å². The molecule has 0 saturated heterocycles. The average molecular weight is 291 g/mol. The van der Waals surface area contributed by atoms with Gasteiger partial charge in [0.05, 0.1) is 0 Å². The molecule has 0 aliphatic carbocycles. The van der Waals surface area contributed by atoms with Gasteiger partial charge in [0, 0.05) is 15.0 Å². The Morgan fingerprint density at radius 2 is 1.71 bits per heavy atom. The summed E-state index contributed by atoms with van der Waals surface area (Å²) >= 11 is 3.43. The highest BCUT2D eigenvalue weighted by Gasteiger charge is 2.10. The molecule has 0 amide bonds. The minimum atomic E-state index is 0.347. The van der Waals surface area contributed by atoms with Crippen molar-refractivity contribution >= 4 is 37.5 Å². The molecule has 1 aromatic rings. The lowest BCUT2D eigenvalue weighted by Crippen LogP contribution is -2.04. The molecule has 1 rings (SSSR count). The Labute approximate surface area is 103 Å². The van der Waals surface area contributed by atoms with Gasteiger partial charge in [0.2, 0.25) is 0 Å². The van der Waals surface area contributed by atoms with Crippen LogP contribution in [0.2, 0.25) is 0 Å². The van der Waals surface area contributed by atoms with Crippen molar-refractivity contribution < 1.29 is 0 Å². The Hall–Kier alpha value is 0.400. The van der Waals surface area contributed by atoms with Crippen molar-refractivity contribution in [3.8, 4) is 0 Å². The highest BCUT2D eigenvalue weighted by atomic mass is 79.9. The monoisotopic (exact) mass is 290 g/mol. The molecule has 0 aliphatic rings. The van der Waals surface area contributed by atoms with E-state index < -0.39 is 0 Å². The number of hydrogen-bond acceptors (Lipinski definition) is 2. The van der Waals surface area contributed by atoms with Gasteiger partial charge in [-0.05, 0) is 17.7 Å². The molecule has 0 nitrogen and oxygen atoms in total. The lowest BCUT2D eigenvalue weighted by Gasteiger charge is -2.16. The van der Waals surface area contributed by atoms with Crippen molar-refractivity contribution in [2.24, 2.45) is 0 Å². The topological polar surface area (TPSA) is 0 Å². The molecule has 0 radical (unpaired) electrons. The first-order valence-corrected chi connectivity index (χ1v) is 7.64. The summed E-state index contributed by atoms with van der Waals surface area (Å²) in [7, 11) is 3.86. The van der Waals surface area contributed by atoms with Gasteiger partial charge in [-0.3, -0.25) is 0 Å².